The number of imidazole rings is 1. The highest BCUT2D eigenvalue weighted by atomic mass is 79.9. The van der Waals surface area contributed by atoms with Crippen molar-refractivity contribution in [3.63, 3.8) is 0 Å². The number of aromatic amines is 1. The number of benzene rings is 3. The molecule has 0 saturated heterocycles. The lowest BCUT2D eigenvalue weighted by atomic mass is 10.0. The van der Waals surface area contributed by atoms with Crippen LogP contribution in [0.5, 0.6) is 0 Å². The number of hydrogen-bond donors (Lipinski definition) is 1. The number of hydrogen-bond acceptors (Lipinski definition) is 1. The molecule has 22 heavy (non-hydrogen) atoms. The van der Waals surface area contributed by atoms with Gasteiger partial charge in [0.2, 0.25) is 0 Å². The van der Waals surface area contributed by atoms with Gasteiger partial charge in [-0.05, 0) is 47.9 Å². The van der Waals surface area contributed by atoms with Crippen LogP contribution in [0.3, 0.4) is 0 Å². The normalized spacial score (nSPS) is 11.4. The van der Waals surface area contributed by atoms with Gasteiger partial charge in [0.1, 0.15) is 5.82 Å². The SMILES string of the molecule is Cc1cc(C)c2nc(-c3cccc4c(Br)cccc34)[nH]c2c1. The second-order valence-corrected chi connectivity index (χ2v) is 6.56. The van der Waals surface area contributed by atoms with Gasteiger partial charge < -0.3 is 4.98 Å². The molecular formula is C19H15BrN2. The minimum Gasteiger partial charge on any atom is -0.338 e. The summed E-state index contributed by atoms with van der Waals surface area (Å²) in [5.74, 6) is 0.924. The highest BCUT2D eigenvalue weighted by Crippen LogP contribution is 2.32. The lowest BCUT2D eigenvalue weighted by molar-refractivity contribution is 1.34. The van der Waals surface area contributed by atoms with Crippen LogP contribution in [-0.4, -0.2) is 9.97 Å². The van der Waals surface area contributed by atoms with Crippen molar-refractivity contribution < 1.29 is 0 Å². The first kappa shape index (κ1) is 13.5. The van der Waals surface area contributed by atoms with Crippen LogP contribution in [0.15, 0.2) is 53.0 Å². The molecule has 4 aromatic rings. The summed E-state index contributed by atoms with van der Waals surface area (Å²) in [7, 11) is 0. The summed E-state index contributed by atoms with van der Waals surface area (Å²) < 4.78 is 1.11. The van der Waals surface area contributed by atoms with Gasteiger partial charge in [0.15, 0.2) is 0 Å². The maximum absolute atomic E-state index is 4.83. The van der Waals surface area contributed by atoms with E-state index >= 15 is 0 Å². The maximum Gasteiger partial charge on any atom is 0.139 e. The Morgan fingerprint density at radius 3 is 2.59 bits per heavy atom. The average molecular weight is 351 g/mol. The summed E-state index contributed by atoms with van der Waals surface area (Å²) in [6, 6.07) is 16.9. The molecular weight excluding hydrogens is 336 g/mol. The molecule has 0 radical (unpaired) electrons. The Morgan fingerprint density at radius 2 is 1.73 bits per heavy atom. The van der Waals surface area contributed by atoms with Crippen LogP contribution in [0.4, 0.5) is 0 Å². The van der Waals surface area contributed by atoms with Gasteiger partial charge in [-0.3, -0.25) is 0 Å². The van der Waals surface area contributed by atoms with Gasteiger partial charge in [-0.25, -0.2) is 4.98 Å². The van der Waals surface area contributed by atoms with E-state index in [1.54, 1.807) is 0 Å². The molecule has 4 rings (SSSR count). The lowest BCUT2D eigenvalue weighted by Gasteiger charge is -2.05. The molecule has 1 heterocycles. The number of halogens is 1. The maximum atomic E-state index is 4.83. The Balaban J connectivity index is 2.03. The predicted octanol–water partition coefficient (Wildman–Crippen LogP) is 5.76. The van der Waals surface area contributed by atoms with Gasteiger partial charge in [0, 0.05) is 10.0 Å². The molecule has 2 nitrogen and oxygen atoms in total. The summed E-state index contributed by atoms with van der Waals surface area (Å²) >= 11 is 3.63. The molecule has 108 valence electrons. The molecule has 0 aliphatic rings. The van der Waals surface area contributed by atoms with Crippen LogP contribution >= 0.6 is 15.9 Å². The van der Waals surface area contributed by atoms with Crippen molar-refractivity contribution in [2.75, 3.05) is 0 Å². The molecule has 0 aliphatic heterocycles. The molecule has 1 N–H and O–H groups in total. The smallest absolute Gasteiger partial charge is 0.139 e. The first-order valence-electron chi connectivity index (χ1n) is 7.28. The zero-order valence-electron chi connectivity index (χ0n) is 12.4. The minimum atomic E-state index is 0.924. The van der Waals surface area contributed by atoms with Crippen LogP contribution < -0.4 is 0 Å². The number of nitrogens with zero attached hydrogens (tertiary/aromatic N) is 1. The molecule has 0 bridgehead atoms. The third-order valence-corrected chi connectivity index (χ3v) is 4.74. The van der Waals surface area contributed by atoms with Crippen molar-refractivity contribution in [1.29, 1.82) is 0 Å². The Hall–Kier alpha value is -2.13. The molecule has 0 aliphatic carbocycles. The number of aryl methyl sites for hydroxylation is 2. The van der Waals surface area contributed by atoms with Gasteiger partial charge in [-0.2, -0.15) is 0 Å². The molecule has 0 spiro atoms. The number of rotatable bonds is 1. The van der Waals surface area contributed by atoms with Gasteiger partial charge in [-0.15, -0.1) is 0 Å². The summed E-state index contributed by atoms with van der Waals surface area (Å²) in [6.45, 7) is 4.22. The van der Waals surface area contributed by atoms with Gasteiger partial charge in [-0.1, -0.05) is 52.3 Å². The molecule has 1 aromatic heterocycles. The van der Waals surface area contributed by atoms with Crippen molar-refractivity contribution in [3.8, 4) is 11.4 Å². The zero-order valence-corrected chi connectivity index (χ0v) is 14.0. The lowest BCUT2D eigenvalue weighted by Crippen LogP contribution is -1.84. The van der Waals surface area contributed by atoms with Crippen LogP contribution in [0.1, 0.15) is 11.1 Å². The average Bonchev–Trinajstić information content (AvgIpc) is 2.91. The fraction of sp³-hybridized carbons (Fsp3) is 0.105. The monoisotopic (exact) mass is 350 g/mol. The van der Waals surface area contributed by atoms with Crippen molar-refractivity contribution in [3.05, 3.63) is 64.1 Å². The third kappa shape index (κ3) is 2.04. The van der Waals surface area contributed by atoms with E-state index in [4.69, 9.17) is 4.98 Å². The fourth-order valence-electron chi connectivity index (χ4n) is 3.08. The van der Waals surface area contributed by atoms with E-state index in [1.165, 1.54) is 21.9 Å². The summed E-state index contributed by atoms with van der Waals surface area (Å²) in [5.41, 5.74) is 5.74. The zero-order chi connectivity index (χ0) is 15.3. The molecule has 3 heteroatoms. The van der Waals surface area contributed by atoms with E-state index in [2.05, 4.69) is 83.3 Å². The molecule has 0 unspecified atom stereocenters. The van der Waals surface area contributed by atoms with E-state index in [0.29, 0.717) is 0 Å². The number of H-pyrrole nitrogens is 1. The second kappa shape index (κ2) is 4.96. The van der Waals surface area contributed by atoms with Crippen molar-refractivity contribution in [2.45, 2.75) is 13.8 Å². The minimum absolute atomic E-state index is 0.924. The van der Waals surface area contributed by atoms with Crippen molar-refractivity contribution >= 4 is 37.7 Å². The largest absolute Gasteiger partial charge is 0.338 e. The van der Waals surface area contributed by atoms with Crippen LogP contribution in [0.25, 0.3) is 33.2 Å². The Morgan fingerprint density at radius 1 is 0.955 bits per heavy atom. The fourth-order valence-corrected chi connectivity index (χ4v) is 3.58. The van der Waals surface area contributed by atoms with Gasteiger partial charge in [0.05, 0.1) is 11.0 Å². The summed E-state index contributed by atoms with van der Waals surface area (Å²) in [6.07, 6.45) is 0. The Bertz CT molecular complexity index is 1010. The van der Waals surface area contributed by atoms with Gasteiger partial charge >= 0.3 is 0 Å². The van der Waals surface area contributed by atoms with Crippen LogP contribution in [0, 0.1) is 13.8 Å². The molecule has 0 fully saturated rings. The van der Waals surface area contributed by atoms with Gasteiger partial charge in [0.25, 0.3) is 0 Å². The topological polar surface area (TPSA) is 28.7 Å². The second-order valence-electron chi connectivity index (χ2n) is 5.70. The van der Waals surface area contributed by atoms with E-state index in [0.717, 1.165) is 26.9 Å². The Kier molecular flexibility index (Phi) is 3.05. The first-order valence-corrected chi connectivity index (χ1v) is 8.07. The number of nitrogens with one attached hydrogen (secondary N) is 1. The highest BCUT2D eigenvalue weighted by molar-refractivity contribution is 9.10. The van der Waals surface area contributed by atoms with E-state index in [1.807, 2.05) is 0 Å². The summed E-state index contributed by atoms with van der Waals surface area (Å²) in [5, 5.41) is 2.40. The number of fused-ring (bicyclic) bond motifs is 2. The van der Waals surface area contributed by atoms with Crippen LogP contribution in [-0.2, 0) is 0 Å². The highest BCUT2D eigenvalue weighted by Gasteiger charge is 2.11. The number of aromatic nitrogens is 2. The van der Waals surface area contributed by atoms with Crippen molar-refractivity contribution in [2.24, 2.45) is 0 Å². The predicted molar refractivity (Wildman–Crippen MR) is 96.2 cm³/mol. The van der Waals surface area contributed by atoms with E-state index in [-0.39, 0.29) is 0 Å². The van der Waals surface area contributed by atoms with Crippen molar-refractivity contribution in [1.82, 2.24) is 9.97 Å². The third-order valence-electron chi connectivity index (χ3n) is 4.05. The van der Waals surface area contributed by atoms with E-state index in [9.17, 15) is 0 Å². The molecule has 0 amide bonds. The first-order chi connectivity index (χ1) is 10.6. The molecule has 0 saturated carbocycles. The molecule has 3 aromatic carbocycles. The quantitative estimate of drug-likeness (QED) is 0.464. The van der Waals surface area contributed by atoms with E-state index < -0.39 is 0 Å². The standard InChI is InChI=1S/C19H15BrN2/c1-11-9-12(2)18-17(10-11)21-19(22-18)15-7-3-6-14-13(15)5-4-8-16(14)20/h3-10H,1-2H3,(H,21,22). The Labute approximate surface area is 137 Å². The van der Waals surface area contributed by atoms with Crippen LogP contribution in [0.2, 0.25) is 0 Å². The summed E-state index contributed by atoms with van der Waals surface area (Å²) in [4.78, 5) is 8.31. The molecule has 0 atom stereocenters.